The van der Waals surface area contributed by atoms with Gasteiger partial charge < -0.3 is 10.6 Å². The summed E-state index contributed by atoms with van der Waals surface area (Å²) in [6.45, 7) is 7.82. The van der Waals surface area contributed by atoms with Gasteiger partial charge in [0.1, 0.15) is 5.52 Å². The molecule has 5 heteroatoms. The summed E-state index contributed by atoms with van der Waals surface area (Å²) in [6.07, 6.45) is 3.65. The molecule has 0 aliphatic carbocycles. The molecule has 2 heterocycles. The smallest absolute Gasteiger partial charge is 0.154 e. The zero-order valence-electron chi connectivity index (χ0n) is 11.5. The minimum absolute atomic E-state index is 0.0678. The van der Waals surface area contributed by atoms with Crippen LogP contribution in [0, 0.1) is 12.3 Å². The van der Waals surface area contributed by atoms with Crippen molar-refractivity contribution in [3.8, 4) is 0 Å². The van der Waals surface area contributed by atoms with Crippen LogP contribution in [0.15, 0.2) is 18.5 Å². The molecule has 5 nitrogen and oxygen atoms in total. The van der Waals surface area contributed by atoms with Crippen LogP contribution in [0.3, 0.4) is 0 Å². The third-order valence-corrected chi connectivity index (χ3v) is 3.07. The van der Waals surface area contributed by atoms with Crippen LogP contribution in [0.1, 0.15) is 19.5 Å². The Bertz CT molecular complexity index is 543. The maximum Gasteiger partial charge on any atom is 0.154 e. The summed E-state index contributed by atoms with van der Waals surface area (Å²) >= 11 is 0. The van der Waals surface area contributed by atoms with E-state index in [1.54, 1.807) is 6.20 Å². The second kappa shape index (κ2) is 4.57. The van der Waals surface area contributed by atoms with Gasteiger partial charge >= 0.3 is 0 Å². The third-order valence-electron chi connectivity index (χ3n) is 3.07. The molecular formula is C13H21N5. The Morgan fingerprint density at radius 1 is 1.44 bits per heavy atom. The van der Waals surface area contributed by atoms with Gasteiger partial charge in [0.2, 0.25) is 0 Å². The number of fused-ring (bicyclic) bond motifs is 1. The SMILES string of the molecule is Cc1cc2c(N(C)CC(C)(C)CN)nccn2n1. The lowest BCUT2D eigenvalue weighted by molar-refractivity contribution is 0.384. The van der Waals surface area contributed by atoms with E-state index < -0.39 is 0 Å². The molecular weight excluding hydrogens is 226 g/mol. The summed E-state index contributed by atoms with van der Waals surface area (Å²) in [5.41, 5.74) is 7.88. The van der Waals surface area contributed by atoms with Crippen molar-refractivity contribution in [3.63, 3.8) is 0 Å². The number of anilines is 1. The Hall–Kier alpha value is -1.62. The number of hydrogen-bond donors (Lipinski definition) is 1. The molecule has 0 unspecified atom stereocenters. The lowest BCUT2D eigenvalue weighted by Gasteiger charge is -2.29. The maximum atomic E-state index is 5.78. The number of rotatable bonds is 4. The highest BCUT2D eigenvalue weighted by molar-refractivity contribution is 5.68. The van der Waals surface area contributed by atoms with Crippen molar-refractivity contribution in [1.82, 2.24) is 14.6 Å². The van der Waals surface area contributed by atoms with Gasteiger partial charge in [-0.15, -0.1) is 0 Å². The van der Waals surface area contributed by atoms with Crippen LogP contribution in [0.5, 0.6) is 0 Å². The van der Waals surface area contributed by atoms with Crippen LogP contribution in [0.25, 0.3) is 5.52 Å². The molecule has 2 rings (SSSR count). The van der Waals surface area contributed by atoms with E-state index in [-0.39, 0.29) is 5.41 Å². The fourth-order valence-electron chi connectivity index (χ4n) is 2.11. The first-order valence-electron chi connectivity index (χ1n) is 6.15. The number of aromatic nitrogens is 3. The van der Waals surface area contributed by atoms with Crippen molar-refractivity contribution in [1.29, 1.82) is 0 Å². The highest BCUT2D eigenvalue weighted by Crippen LogP contribution is 2.22. The van der Waals surface area contributed by atoms with Crippen molar-refractivity contribution in [2.75, 3.05) is 25.0 Å². The Morgan fingerprint density at radius 3 is 2.83 bits per heavy atom. The molecule has 2 aromatic rings. The van der Waals surface area contributed by atoms with E-state index in [1.165, 1.54) is 0 Å². The van der Waals surface area contributed by atoms with Crippen molar-refractivity contribution in [3.05, 3.63) is 24.2 Å². The van der Waals surface area contributed by atoms with Gasteiger partial charge in [-0.25, -0.2) is 9.50 Å². The molecule has 0 aliphatic heterocycles. The summed E-state index contributed by atoms with van der Waals surface area (Å²) in [5, 5.41) is 4.40. The molecule has 2 aromatic heterocycles. The molecule has 0 amide bonds. The molecule has 0 atom stereocenters. The molecule has 2 N–H and O–H groups in total. The standard InChI is InChI=1S/C13H21N5/c1-10-7-11-12(15-5-6-18(11)16-10)17(4)9-13(2,3)8-14/h5-7H,8-9,14H2,1-4H3. The fourth-order valence-corrected chi connectivity index (χ4v) is 2.11. The lowest BCUT2D eigenvalue weighted by atomic mass is 9.93. The van der Waals surface area contributed by atoms with Gasteiger partial charge in [-0.1, -0.05) is 13.8 Å². The summed E-state index contributed by atoms with van der Waals surface area (Å²) in [4.78, 5) is 6.61. The molecule has 0 radical (unpaired) electrons. The quantitative estimate of drug-likeness (QED) is 0.888. The third kappa shape index (κ3) is 2.46. The normalized spacial score (nSPS) is 12.1. The van der Waals surface area contributed by atoms with Gasteiger partial charge in [-0.3, -0.25) is 0 Å². The monoisotopic (exact) mass is 247 g/mol. The van der Waals surface area contributed by atoms with E-state index in [1.807, 2.05) is 30.8 Å². The second-order valence-electron chi connectivity index (χ2n) is 5.59. The summed E-state index contributed by atoms with van der Waals surface area (Å²) in [6, 6.07) is 2.05. The van der Waals surface area contributed by atoms with Crippen molar-refractivity contribution in [2.45, 2.75) is 20.8 Å². The first-order chi connectivity index (χ1) is 8.43. The summed E-state index contributed by atoms with van der Waals surface area (Å²) < 4.78 is 1.86. The van der Waals surface area contributed by atoms with Crippen molar-refractivity contribution >= 4 is 11.3 Å². The minimum Gasteiger partial charge on any atom is -0.357 e. The van der Waals surface area contributed by atoms with E-state index in [9.17, 15) is 0 Å². The Balaban J connectivity index is 2.35. The predicted octanol–water partition coefficient (Wildman–Crippen LogP) is 1.46. The first kappa shape index (κ1) is 12.8. The highest BCUT2D eigenvalue weighted by atomic mass is 15.3. The van der Waals surface area contributed by atoms with Gasteiger partial charge in [-0.2, -0.15) is 5.10 Å². The Labute approximate surface area is 108 Å². The summed E-state index contributed by atoms with van der Waals surface area (Å²) in [5.74, 6) is 0.944. The lowest BCUT2D eigenvalue weighted by Crippen LogP contribution is -2.37. The van der Waals surface area contributed by atoms with Gasteiger partial charge in [0.25, 0.3) is 0 Å². The van der Waals surface area contributed by atoms with E-state index in [4.69, 9.17) is 5.73 Å². The first-order valence-corrected chi connectivity index (χ1v) is 6.15. The van der Waals surface area contributed by atoms with Gasteiger partial charge in [0.05, 0.1) is 5.69 Å². The van der Waals surface area contributed by atoms with Crippen LogP contribution >= 0.6 is 0 Å². The minimum atomic E-state index is 0.0678. The maximum absolute atomic E-state index is 5.78. The molecule has 18 heavy (non-hydrogen) atoms. The molecule has 0 spiro atoms. The molecule has 0 aromatic carbocycles. The molecule has 0 saturated heterocycles. The summed E-state index contributed by atoms with van der Waals surface area (Å²) in [7, 11) is 2.04. The molecule has 0 aliphatic rings. The Morgan fingerprint density at radius 2 is 2.17 bits per heavy atom. The average Bonchev–Trinajstić information content (AvgIpc) is 2.68. The van der Waals surface area contributed by atoms with Crippen LogP contribution in [0.2, 0.25) is 0 Å². The predicted molar refractivity (Wildman–Crippen MR) is 73.8 cm³/mol. The van der Waals surface area contributed by atoms with E-state index >= 15 is 0 Å². The van der Waals surface area contributed by atoms with Gasteiger partial charge in [0, 0.05) is 26.0 Å². The largest absolute Gasteiger partial charge is 0.357 e. The van der Waals surface area contributed by atoms with E-state index in [0.29, 0.717) is 6.54 Å². The molecule has 0 saturated carbocycles. The average molecular weight is 247 g/mol. The number of nitrogens with zero attached hydrogens (tertiary/aromatic N) is 4. The molecule has 0 fully saturated rings. The Kier molecular flexibility index (Phi) is 3.26. The molecule has 98 valence electrons. The van der Waals surface area contributed by atoms with Gasteiger partial charge in [0.15, 0.2) is 5.82 Å². The zero-order valence-corrected chi connectivity index (χ0v) is 11.5. The molecule has 0 bridgehead atoms. The van der Waals surface area contributed by atoms with Crippen LogP contribution in [0.4, 0.5) is 5.82 Å². The van der Waals surface area contributed by atoms with Crippen LogP contribution in [-0.4, -0.2) is 34.7 Å². The van der Waals surface area contributed by atoms with E-state index in [0.717, 1.165) is 23.6 Å². The van der Waals surface area contributed by atoms with Crippen molar-refractivity contribution in [2.24, 2.45) is 11.1 Å². The van der Waals surface area contributed by atoms with E-state index in [2.05, 4.69) is 28.8 Å². The van der Waals surface area contributed by atoms with Gasteiger partial charge in [-0.05, 0) is 24.9 Å². The fraction of sp³-hybridized carbons (Fsp3) is 0.538. The number of hydrogen-bond acceptors (Lipinski definition) is 4. The zero-order chi connectivity index (χ0) is 13.3. The van der Waals surface area contributed by atoms with Crippen LogP contribution < -0.4 is 10.6 Å². The van der Waals surface area contributed by atoms with Crippen LogP contribution in [-0.2, 0) is 0 Å². The van der Waals surface area contributed by atoms with Crippen molar-refractivity contribution < 1.29 is 0 Å². The highest BCUT2D eigenvalue weighted by Gasteiger charge is 2.20. The second-order valence-corrected chi connectivity index (χ2v) is 5.59. The number of nitrogens with two attached hydrogens (primary N) is 1. The topological polar surface area (TPSA) is 59.5 Å². The number of aryl methyl sites for hydroxylation is 1.